The lowest BCUT2D eigenvalue weighted by molar-refractivity contribution is -0.115. The molecule has 2 heterocycles. The van der Waals surface area contributed by atoms with Crippen LogP contribution in [0.15, 0.2) is 84.0 Å². The molecule has 1 atom stereocenters. The molecule has 4 aromatic rings. The summed E-state index contributed by atoms with van der Waals surface area (Å²) in [5.41, 5.74) is 4.70. The van der Waals surface area contributed by atoms with Crippen LogP contribution in [0.4, 0.5) is 5.82 Å². The SMILES string of the molecule is COc1ccc(-c2cc(-c3ccccc3)nc(SC(C)C(=O)Nc3ccc(C)cn3)c2C#N)cc1. The Morgan fingerprint density at radius 3 is 2.43 bits per heavy atom. The first-order chi connectivity index (χ1) is 17.0. The van der Waals surface area contributed by atoms with Crippen molar-refractivity contribution in [3.63, 3.8) is 0 Å². The molecular formula is C28H24N4O2S. The molecule has 0 saturated heterocycles. The molecule has 0 aliphatic heterocycles. The Hall–Kier alpha value is -4.15. The molecule has 0 aliphatic rings. The van der Waals surface area contributed by atoms with E-state index in [1.54, 1.807) is 26.3 Å². The number of pyridine rings is 2. The molecular weight excluding hydrogens is 456 g/mol. The predicted octanol–water partition coefficient (Wildman–Crippen LogP) is 6.12. The topological polar surface area (TPSA) is 87.9 Å². The molecule has 2 aromatic carbocycles. The second kappa shape index (κ2) is 10.9. The number of hydrogen-bond donors (Lipinski definition) is 1. The minimum absolute atomic E-state index is 0.215. The van der Waals surface area contributed by atoms with E-state index in [1.807, 2.05) is 73.7 Å². The highest BCUT2D eigenvalue weighted by molar-refractivity contribution is 8.00. The molecule has 1 amide bonds. The van der Waals surface area contributed by atoms with Crippen LogP contribution in [0.5, 0.6) is 5.75 Å². The van der Waals surface area contributed by atoms with E-state index in [0.717, 1.165) is 33.7 Å². The van der Waals surface area contributed by atoms with Gasteiger partial charge in [0.15, 0.2) is 0 Å². The van der Waals surface area contributed by atoms with Gasteiger partial charge in [-0.25, -0.2) is 9.97 Å². The van der Waals surface area contributed by atoms with Crippen LogP contribution in [-0.4, -0.2) is 28.2 Å². The van der Waals surface area contributed by atoms with Crippen molar-refractivity contribution in [1.82, 2.24) is 9.97 Å². The number of anilines is 1. The van der Waals surface area contributed by atoms with E-state index in [4.69, 9.17) is 9.72 Å². The number of aryl methyl sites for hydroxylation is 1. The number of carbonyl (C=O) groups excluding carboxylic acids is 1. The summed E-state index contributed by atoms with van der Waals surface area (Å²) in [5.74, 6) is 1.00. The number of amides is 1. The van der Waals surface area contributed by atoms with Gasteiger partial charge in [0.2, 0.25) is 5.91 Å². The summed E-state index contributed by atoms with van der Waals surface area (Å²) in [7, 11) is 1.61. The lowest BCUT2D eigenvalue weighted by Crippen LogP contribution is -2.23. The Bertz CT molecular complexity index is 1370. The summed E-state index contributed by atoms with van der Waals surface area (Å²) in [6.45, 7) is 3.73. The van der Waals surface area contributed by atoms with Gasteiger partial charge in [0.1, 0.15) is 22.7 Å². The van der Waals surface area contributed by atoms with Gasteiger partial charge in [0, 0.05) is 17.3 Å². The zero-order valence-electron chi connectivity index (χ0n) is 19.6. The number of nitriles is 1. The van der Waals surface area contributed by atoms with Gasteiger partial charge in [-0.3, -0.25) is 4.79 Å². The van der Waals surface area contributed by atoms with Gasteiger partial charge < -0.3 is 10.1 Å². The molecule has 0 radical (unpaired) electrons. The first-order valence-corrected chi connectivity index (χ1v) is 11.9. The van der Waals surface area contributed by atoms with Crippen LogP contribution in [0.1, 0.15) is 18.1 Å². The maximum atomic E-state index is 12.9. The van der Waals surface area contributed by atoms with Crippen molar-refractivity contribution in [3.8, 4) is 34.2 Å². The van der Waals surface area contributed by atoms with Crippen LogP contribution in [0, 0.1) is 18.3 Å². The summed E-state index contributed by atoms with van der Waals surface area (Å²) in [6.07, 6.45) is 1.70. The third kappa shape index (κ3) is 5.68. The van der Waals surface area contributed by atoms with E-state index >= 15 is 0 Å². The number of thioether (sulfide) groups is 1. The second-order valence-electron chi connectivity index (χ2n) is 7.91. The molecule has 0 saturated carbocycles. The highest BCUT2D eigenvalue weighted by Gasteiger charge is 2.22. The number of ether oxygens (including phenoxy) is 1. The Balaban J connectivity index is 1.72. The first-order valence-electron chi connectivity index (χ1n) is 11.0. The van der Waals surface area contributed by atoms with E-state index in [1.165, 1.54) is 11.8 Å². The number of aromatic nitrogens is 2. The van der Waals surface area contributed by atoms with Gasteiger partial charge in [-0.05, 0) is 49.2 Å². The molecule has 0 spiro atoms. The molecule has 1 unspecified atom stereocenters. The number of benzene rings is 2. The highest BCUT2D eigenvalue weighted by Crippen LogP contribution is 2.36. The average molecular weight is 481 g/mol. The number of nitrogens with zero attached hydrogens (tertiary/aromatic N) is 3. The van der Waals surface area contributed by atoms with Crippen molar-refractivity contribution in [3.05, 3.63) is 90.1 Å². The Morgan fingerprint density at radius 1 is 1.06 bits per heavy atom. The Morgan fingerprint density at radius 2 is 1.80 bits per heavy atom. The third-order valence-corrected chi connectivity index (χ3v) is 6.48. The van der Waals surface area contributed by atoms with E-state index in [-0.39, 0.29) is 5.91 Å². The number of nitrogens with one attached hydrogen (secondary N) is 1. The van der Waals surface area contributed by atoms with Crippen LogP contribution in [-0.2, 0) is 4.79 Å². The quantitative estimate of drug-likeness (QED) is 0.321. The van der Waals surface area contributed by atoms with Gasteiger partial charge in [-0.2, -0.15) is 5.26 Å². The van der Waals surface area contributed by atoms with E-state index in [2.05, 4.69) is 16.4 Å². The van der Waals surface area contributed by atoms with Crippen LogP contribution in [0.3, 0.4) is 0 Å². The molecule has 4 rings (SSSR count). The maximum absolute atomic E-state index is 12.9. The molecule has 35 heavy (non-hydrogen) atoms. The molecule has 1 N–H and O–H groups in total. The zero-order valence-corrected chi connectivity index (χ0v) is 20.5. The monoisotopic (exact) mass is 480 g/mol. The molecule has 6 nitrogen and oxygen atoms in total. The van der Waals surface area contributed by atoms with E-state index < -0.39 is 5.25 Å². The first kappa shape index (κ1) is 24.0. The van der Waals surface area contributed by atoms with Crippen molar-refractivity contribution in [2.24, 2.45) is 0 Å². The van der Waals surface area contributed by atoms with Crippen molar-refractivity contribution < 1.29 is 9.53 Å². The minimum atomic E-state index is -0.507. The van der Waals surface area contributed by atoms with Gasteiger partial charge in [0.05, 0.1) is 23.6 Å². The molecule has 0 fully saturated rings. The normalized spacial score (nSPS) is 11.4. The van der Waals surface area contributed by atoms with Crippen LogP contribution in [0.2, 0.25) is 0 Å². The van der Waals surface area contributed by atoms with Gasteiger partial charge in [0.25, 0.3) is 0 Å². The molecule has 7 heteroatoms. The van der Waals surface area contributed by atoms with Crippen molar-refractivity contribution in [1.29, 1.82) is 5.26 Å². The lowest BCUT2D eigenvalue weighted by Gasteiger charge is -2.16. The highest BCUT2D eigenvalue weighted by atomic mass is 32.2. The lowest BCUT2D eigenvalue weighted by atomic mass is 9.99. The van der Waals surface area contributed by atoms with Crippen LogP contribution in [0.25, 0.3) is 22.4 Å². The average Bonchev–Trinajstić information content (AvgIpc) is 2.90. The largest absolute Gasteiger partial charge is 0.497 e. The summed E-state index contributed by atoms with van der Waals surface area (Å²) in [5, 5.41) is 12.9. The molecule has 0 aliphatic carbocycles. The van der Waals surface area contributed by atoms with E-state index in [0.29, 0.717) is 16.4 Å². The summed E-state index contributed by atoms with van der Waals surface area (Å²) >= 11 is 1.25. The van der Waals surface area contributed by atoms with Gasteiger partial charge >= 0.3 is 0 Å². The minimum Gasteiger partial charge on any atom is -0.497 e. The zero-order chi connectivity index (χ0) is 24.8. The Kier molecular flexibility index (Phi) is 7.44. The van der Waals surface area contributed by atoms with Crippen LogP contribution < -0.4 is 10.1 Å². The number of carbonyl (C=O) groups is 1. The standard InChI is InChI=1S/C28H24N4O2S/c1-18-9-14-26(30-17-18)32-27(33)19(2)35-28-24(16-29)23(20-10-12-22(34-3)13-11-20)15-25(31-28)21-7-5-4-6-8-21/h4-15,17,19H,1-3H3,(H,30,32,33). The molecule has 0 bridgehead atoms. The third-order valence-electron chi connectivity index (χ3n) is 5.39. The van der Waals surface area contributed by atoms with Crippen LogP contribution >= 0.6 is 11.8 Å². The summed E-state index contributed by atoms with van der Waals surface area (Å²) in [4.78, 5) is 21.9. The molecule has 2 aromatic heterocycles. The predicted molar refractivity (Wildman–Crippen MR) is 139 cm³/mol. The van der Waals surface area contributed by atoms with Crippen molar-refractivity contribution in [2.45, 2.75) is 24.1 Å². The number of rotatable bonds is 7. The maximum Gasteiger partial charge on any atom is 0.238 e. The van der Waals surface area contributed by atoms with Crippen molar-refractivity contribution in [2.75, 3.05) is 12.4 Å². The fourth-order valence-corrected chi connectivity index (χ4v) is 4.39. The smallest absolute Gasteiger partial charge is 0.238 e. The van der Waals surface area contributed by atoms with Gasteiger partial charge in [-0.1, -0.05) is 60.3 Å². The summed E-state index contributed by atoms with van der Waals surface area (Å²) in [6, 6.07) is 25.2. The fourth-order valence-electron chi connectivity index (χ4n) is 3.46. The van der Waals surface area contributed by atoms with E-state index in [9.17, 15) is 10.1 Å². The second-order valence-corrected chi connectivity index (χ2v) is 9.24. The number of hydrogen-bond acceptors (Lipinski definition) is 6. The fraction of sp³-hybridized carbons (Fsp3) is 0.143. The molecule has 174 valence electrons. The summed E-state index contributed by atoms with van der Waals surface area (Å²) < 4.78 is 5.28. The number of methoxy groups -OCH3 is 1. The van der Waals surface area contributed by atoms with Crippen molar-refractivity contribution >= 4 is 23.5 Å². The van der Waals surface area contributed by atoms with Gasteiger partial charge in [-0.15, -0.1) is 0 Å². The Labute approximate surface area is 209 Å².